The Kier molecular flexibility index (Phi) is 5.51. The molecule has 1 unspecified atom stereocenters. The molecule has 1 fully saturated rings. The van der Waals surface area contributed by atoms with E-state index in [1.54, 1.807) is 13.3 Å². The van der Waals surface area contributed by atoms with Gasteiger partial charge in [-0.1, -0.05) is 30.3 Å². The Hall–Kier alpha value is -2.52. The second-order valence-corrected chi connectivity index (χ2v) is 8.17. The third-order valence-corrected chi connectivity index (χ3v) is 6.17. The Labute approximate surface area is 173 Å². The highest BCUT2D eigenvalue weighted by Crippen LogP contribution is 2.23. The zero-order valence-corrected chi connectivity index (χ0v) is 17.6. The highest BCUT2D eigenvalue weighted by Gasteiger charge is 2.26. The van der Waals surface area contributed by atoms with Crippen molar-refractivity contribution in [2.75, 3.05) is 24.2 Å². The van der Waals surface area contributed by atoms with Crippen molar-refractivity contribution in [1.29, 1.82) is 0 Å². The molecule has 0 spiro atoms. The van der Waals surface area contributed by atoms with Crippen LogP contribution in [0, 0.1) is 0 Å². The molecule has 3 heterocycles. The molecule has 0 aliphatic carbocycles. The van der Waals surface area contributed by atoms with Crippen LogP contribution in [-0.4, -0.2) is 43.5 Å². The molecule has 1 atom stereocenters. The zero-order valence-electron chi connectivity index (χ0n) is 16.7. The molecule has 1 aromatic carbocycles. The van der Waals surface area contributed by atoms with Crippen molar-refractivity contribution in [1.82, 2.24) is 18.1 Å². The van der Waals surface area contributed by atoms with Gasteiger partial charge in [-0.2, -0.15) is 8.96 Å². The van der Waals surface area contributed by atoms with Crippen LogP contribution in [-0.2, 0) is 20.0 Å². The smallest absolute Gasteiger partial charge is 0.341 e. The molecule has 1 aliphatic rings. The monoisotopic (exact) mass is 414 g/mol. The van der Waals surface area contributed by atoms with E-state index in [1.807, 2.05) is 22.8 Å². The average Bonchev–Trinajstić information content (AvgIpc) is 3.12. The minimum atomic E-state index is -0.371. The molecule has 8 nitrogen and oxygen atoms in total. The number of hydrogen-bond acceptors (Lipinski definition) is 6. The Morgan fingerprint density at radius 3 is 2.69 bits per heavy atom. The number of aromatic nitrogens is 4. The first kappa shape index (κ1) is 19.8. The topological polar surface area (TPSA) is 91.1 Å². The second kappa shape index (κ2) is 8.08. The number of imidazole rings is 1. The molecular formula is C20H26N6O2S. The predicted octanol–water partition coefficient (Wildman–Crippen LogP) is 1.19. The van der Waals surface area contributed by atoms with Crippen molar-refractivity contribution >= 4 is 29.1 Å². The number of nitrogens with two attached hydrogens (primary N) is 1. The van der Waals surface area contributed by atoms with Gasteiger partial charge in [0, 0.05) is 39.0 Å². The fourth-order valence-electron chi connectivity index (χ4n) is 3.98. The molecule has 2 N–H and O–H groups in total. The summed E-state index contributed by atoms with van der Waals surface area (Å²) in [6, 6.07) is 10.2. The number of benzene rings is 1. The lowest BCUT2D eigenvalue weighted by Gasteiger charge is -2.31. The van der Waals surface area contributed by atoms with Crippen molar-refractivity contribution in [3.63, 3.8) is 0 Å². The lowest BCUT2D eigenvalue weighted by Crippen LogP contribution is -2.44. The fraction of sp³-hybridized carbons (Fsp3) is 0.450. The van der Waals surface area contributed by atoms with E-state index in [9.17, 15) is 9.59 Å². The van der Waals surface area contributed by atoms with E-state index in [-0.39, 0.29) is 17.3 Å². The van der Waals surface area contributed by atoms with Gasteiger partial charge in [-0.3, -0.25) is 9.36 Å². The summed E-state index contributed by atoms with van der Waals surface area (Å²) in [5.41, 5.74) is 7.59. The van der Waals surface area contributed by atoms with E-state index in [1.165, 1.54) is 14.1 Å². The number of anilines is 1. The van der Waals surface area contributed by atoms with E-state index in [0.717, 1.165) is 43.7 Å². The van der Waals surface area contributed by atoms with Crippen molar-refractivity contribution in [3.05, 3.63) is 56.7 Å². The standard InChI is InChI=1S/C20H26N6O2S/c1-23-17-16(18(27)26(29-2)20(23)28)25(12-10-14-7-4-3-5-8-14)19(22-17)24-11-6-9-15(21)13-24/h3-5,7-8,15H,6,9-13,21H2,1-2H3. The van der Waals surface area contributed by atoms with Gasteiger partial charge in [0.25, 0.3) is 5.56 Å². The van der Waals surface area contributed by atoms with Gasteiger partial charge in [0.2, 0.25) is 5.95 Å². The van der Waals surface area contributed by atoms with Crippen LogP contribution in [0.3, 0.4) is 0 Å². The van der Waals surface area contributed by atoms with E-state index in [4.69, 9.17) is 10.7 Å². The zero-order chi connectivity index (χ0) is 20.5. The molecule has 0 radical (unpaired) electrons. The number of fused-ring (bicyclic) bond motifs is 1. The van der Waals surface area contributed by atoms with Crippen LogP contribution in [0.25, 0.3) is 11.2 Å². The largest absolute Gasteiger partial charge is 0.342 e. The van der Waals surface area contributed by atoms with Gasteiger partial charge in [-0.15, -0.1) is 0 Å². The van der Waals surface area contributed by atoms with E-state index < -0.39 is 0 Å². The second-order valence-electron chi connectivity index (χ2n) is 7.44. The van der Waals surface area contributed by atoms with E-state index >= 15 is 0 Å². The molecule has 0 saturated carbocycles. The Morgan fingerprint density at radius 1 is 1.24 bits per heavy atom. The van der Waals surface area contributed by atoms with Crippen LogP contribution >= 0.6 is 11.9 Å². The molecule has 154 valence electrons. The number of piperidine rings is 1. The number of aryl methyl sites for hydroxylation is 3. The van der Waals surface area contributed by atoms with Gasteiger partial charge in [0.1, 0.15) is 0 Å². The van der Waals surface area contributed by atoms with Crippen LogP contribution in [0.1, 0.15) is 18.4 Å². The number of hydrogen-bond donors (Lipinski definition) is 1. The molecule has 2 aromatic heterocycles. The SMILES string of the molecule is CSn1c(=O)c2c(nc(N3CCCC(N)C3)n2CCc2ccccc2)n(C)c1=O. The quantitative estimate of drug-likeness (QED) is 0.675. The molecule has 0 amide bonds. The number of rotatable bonds is 5. The van der Waals surface area contributed by atoms with Gasteiger partial charge < -0.3 is 15.2 Å². The lowest BCUT2D eigenvalue weighted by molar-refractivity contribution is 0.493. The van der Waals surface area contributed by atoms with Crippen LogP contribution in [0.5, 0.6) is 0 Å². The molecule has 9 heteroatoms. The van der Waals surface area contributed by atoms with Crippen molar-refractivity contribution in [2.45, 2.75) is 31.8 Å². The minimum Gasteiger partial charge on any atom is -0.341 e. The molecular weight excluding hydrogens is 388 g/mol. The van der Waals surface area contributed by atoms with Crippen LogP contribution in [0.2, 0.25) is 0 Å². The van der Waals surface area contributed by atoms with Gasteiger partial charge in [-0.05, 0) is 36.8 Å². The summed E-state index contributed by atoms with van der Waals surface area (Å²) in [5.74, 6) is 0.719. The summed E-state index contributed by atoms with van der Waals surface area (Å²) in [6.45, 7) is 2.13. The van der Waals surface area contributed by atoms with Crippen LogP contribution in [0.15, 0.2) is 39.9 Å². The molecule has 3 aromatic rings. The third-order valence-electron chi connectivity index (χ3n) is 5.48. The van der Waals surface area contributed by atoms with Crippen LogP contribution in [0.4, 0.5) is 5.95 Å². The average molecular weight is 415 g/mol. The summed E-state index contributed by atoms with van der Waals surface area (Å²) in [5, 5.41) is 0. The summed E-state index contributed by atoms with van der Waals surface area (Å²) < 4.78 is 4.61. The Balaban J connectivity index is 1.88. The third kappa shape index (κ3) is 3.60. The highest BCUT2D eigenvalue weighted by atomic mass is 32.2. The molecule has 1 aliphatic heterocycles. The van der Waals surface area contributed by atoms with Gasteiger partial charge >= 0.3 is 5.69 Å². The Morgan fingerprint density at radius 2 is 2.00 bits per heavy atom. The summed E-state index contributed by atoms with van der Waals surface area (Å²) >= 11 is 1.12. The maximum absolute atomic E-state index is 13.1. The minimum absolute atomic E-state index is 0.0813. The maximum Gasteiger partial charge on any atom is 0.342 e. The maximum atomic E-state index is 13.1. The summed E-state index contributed by atoms with van der Waals surface area (Å²) in [7, 11) is 1.66. The van der Waals surface area contributed by atoms with Gasteiger partial charge in [0.15, 0.2) is 11.2 Å². The molecule has 4 rings (SSSR count). The van der Waals surface area contributed by atoms with Gasteiger partial charge in [0.05, 0.1) is 0 Å². The lowest BCUT2D eigenvalue weighted by atomic mass is 10.1. The summed E-state index contributed by atoms with van der Waals surface area (Å²) in [4.78, 5) is 32.6. The first-order valence-corrected chi connectivity index (χ1v) is 11.0. The van der Waals surface area contributed by atoms with Gasteiger partial charge in [-0.25, -0.2) is 4.79 Å². The Bertz CT molecular complexity index is 1130. The van der Waals surface area contributed by atoms with E-state index in [2.05, 4.69) is 17.0 Å². The molecule has 0 bridgehead atoms. The van der Waals surface area contributed by atoms with Crippen LogP contribution < -0.4 is 21.9 Å². The highest BCUT2D eigenvalue weighted by molar-refractivity contribution is 7.97. The molecule has 29 heavy (non-hydrogen) atoms. The molecule has 1 saturated heterocycles. The predicted molar refractivity (Wildman–Crippen MR) is 118 cm³/mol. The normalized spacial score (nSPS) is 17.2. The number of nitrogens with zero attached hydrogens (tertiary/aromatic N) is 5. The summed E-state index contributed by atoms with van der Waals surface area (Å²) in [6.07, 6.45) is 4.46. The first-order chi connectivity index (χ1) is 14.0. The fourth-order valence-corrected chi connectivity index (χ4v) is 4.51. The van der Waals surface area contributed by atoms with Crippen molar-refractivity contribution in [2.24, 2.45) is 12.8 Å². The first-order valence-electron chi connectivity index (χ1n) is 9.82. The van der Waals surface area contributed by atoms with Crippen molar-refractivity contribution < 1.29 is 0 Å². The van der Waals surface area contributed by atoms with E-state index in [0.29, 0.717) is 24.3 Å². The van der Waals surface area contributed by atoms with Crippen molar-refractivity contribution in [3.8, 4) is 0 Å².